The van der Waals surface area contributed by atoms with Crippen LogP contribution in [0.3, 0.4) is 0 Å². The molecule has 1 N–H and O–H groups in total. The van der Waals surface area contributed by atoms with Crippen molar-refractivity contribution in [3.05, 3.63) is 54.0 Å². The lowest BCUT2D eigenvalue weighted by atomic mass is 9.82. The molecule has 1 aliphatic heterocycles. The van der Waals surface area contributed by atoms with Crippen LogP contribution >= 0.6 is 0 Å². The molecule has 2 aliphatic rings. The van der Waals surface area contributed by atoms with Crippen LogP contribution < -0.4 is 5.32 Å². The smallest absolute Gasteiger partial charge is 0.0451 e. The lowest BCUT2D eigenvalue weighted by Gasteiger charge is -2.33. The number of aryl methyl sites for hydroxylation is 1. The van der Waals surface area contributed by atoms with E-state index in [1.54, 1.807) is 0 Å². The maximum absolute atomic E-state index is 4.63. The molecule has 3 heteroatoms. The Kier molecular flexibility index (Phi) is 6.90. The summed E-state index contributed by atoms with van der Waals surface area (Å²) in [7, 11) is 0. The summed E-state index contributed by atoms with van der Waals surface area (Å²) in [4.78, 5) is 7.36. The van der Waals surface area contributed by atoms with Crippen molar-refractivity contribution in [2.45, 2.75) is 64.3 Å². The maximum Gasteiger partial charge on any atom is 0.0451 e. The van der Waals surface area contributed by atoms with Gasteiger partial charge < -0.3 is 5.32 Å². The Bertz CT molecular complexity index is 622. The number of pyridine rings is 1. The molecule has 1 aliphatic carbocycles. The second kappa shape index (κ2) is 9.36. The van der Waals surface area contributed by atoms with Gasteiger partial charge in [0.2, 0.25) is 0 Å². The standard InChI is InChI=1S/C23H35N3/c1-18(2)12-15-24-19(3)8-5-4-6-16-26-17-13-20-10-11-22-21(23(20)26)9-7-14-25-22/h7,9,14,20,23-24H,1,3-6,8,10-13,15-17H2,2H3. The van der Waals surface area contributed by atoms with Crippen LogP contribution in [0.15, 0.2) is 42.8 Å². The molecule has 1 fully saturated rings. The number of nitrogens with zero attached hydrogens (tertiary/aromatic N) is 2. The van der Waals surface area contributed by atoms with Gasteiger partial charge in [0.05, 0.1) is 0 Å². The highest BCUT2D eigenvalue weighted by Gasteiger charge is 2.38. The maximum atomic E-state index is 4.63. The number of hydrogen-bond donors (Lipinski definition) is 1. The largest absolute Gasteiger partial charge is 0.388 e. The predicted octanol–water partition coefficient (Wildman–Crippen LogP) is 5.02. The van der Waals surface area contributed by atoms with Crippen molar-refractivity contribution in [3.63, 3.8) is 0 Å². The quantitative estimate of drug-likeness (QED) is 0.473. The van der Waals surface area contributed by atoms with Gasteiger partial charge in [-0.2, -0.15) is 0 Å². The molecule has 3 nitrogen and oxygen atoms in total. The molecule has 0 saturated carbocycles. The molecule has 2 heterocycles. The van der Waals surface area contributed by atoms with Crippen molar-refractivity contribution < 1.29 is 0 Å². The summed E-state index contributed by atoms with van der Waals surface area (Å²) in [6.07, 6.45) is 11.7. The summed E-state index contributed by atoms with van der Waals surface area (Å²) in [6, 6.07) is 5.06. The van der Waals surface area contributed by atoms with Crippen LogP contribution in [0.5, 0.6) is 0 Å². The van der Waals surface area contributed by atoms with Crippen LogP contribution in [0.1, 0.15) is 69.2 Å². The first kappa shape index (κ1) is 19.2. The first-order valence-electron chi connectivity index (χ1n) is 10.4. The fourth-order valence-electron chi connectivity index (χ4n) is 4.55. The van der Waals surface area contributed by atoms with Gasteiger partial charge in [0.25, 0.3) is 0 Å². The highest BCUT2D eigenvalue weighted by Crippen LogP contribution is 2.44. The van der Waals surface area contributed by atoms with Gasteiger partial charge in [-0.3, -0.25) is 9.88 Å². The topological polar surface area (TPSA) is 28.2 Å². The monoisotopic (exact) mass is 353 g/mol. The molecule has 0 spiro atoms. The Morgan fingerprint density at radius 1 is 1.23 bits per heavy atom. The summed E-state index contributed by atoms with van der Waals surface area (Å²) in [5, 5.41) is 3.42. The summed E-state index contributed by atoms with van der Waals surface area (Å²) in [5.41, 5.74) is 5.27. The van der Waals surface area contributed by atoms with Crippen molar-refractivity contribution in [1.82, 2.24) is 15.2 Å². The Morgan fingerprint density at radius 2 is 2.12 bits per heavy atom. The molecule has 2 unspecified atom stereocenters. The third kappa shape index (κ3) is 4.97. The average Bonchev–Trinajstić information content (AvgIpc) is 3.05. The van der Waals surface area contributed by atoms with Gasteiger partial charge in [-0.1, -0.05) is 24.6 Å². The molecule has 1 aromatic rings. The number of unbranched alkanes of at least 4 members (excludes halogenated alkanes) is 2. The van der Waals surface area contributed by atoms with Crippen LogP contribution in [0.2, 0.25) is 0 Å². The van der Waals surface area contributed by atoms with Crippen molar-refractivity contribution in [2.24, 2.45) is 5.92 Å². The molecular weight excluding hydrogens is 318 g/mol. The van der Waals surface area contributed by atoms with Crippen molar-refractivity contribution in [2.75, 3.05) is 19.6 Å². The van der Waals surface area contributed by atoms with E-state index in [9.17, 15) is 0 Å². The zero-order valence-electron chi connectivity index (χ0n) is 16.5. The van der Waals surface area contributed by atoms with E-state index in [0.717, 1.165) is 25.3 Å². The van der Waals surface area contributed by atoms with Crippen LogP contribution in [0.4, 0.5) is 0 Å². The van der Waals surface area contributed by atoms with Crippen LogP contribution in [0, 0.1) is 5.92 Å². The normalized spacial score (nSPS) is 21.9. The van der Waals surface area contributed by atoms with E-state index in [2.05, 4.69) is 47.4 Å². The highest BCUT2D eigenvalue weighted by atomic mass is 15.2. The number of fused-ring (bicyclic) bond motifs is 3. The first-order valence-corrected chi connectivity index (χ1v) is 10.4. The zero-order chi connectivity index (χ0) is 18.4. The van der Waals surface area contributed by atoms with Crippen molar-refractivity contribution in [1.29, 1.82) is 0 Å². The van der Waals surface area contributed by atoms with Gasteiger partial charge >= 0.3 is 0 Å². The minimum Gasteiger partial charge on any atom is -0.388 e. The Morgan fingerprint density at radius 3 is 2.96 bits per heavy atom. The first-order chi connectivity index (χ1) is 12.6. The third-order valence-electron chi connectivity index (χ3n) is 5.97. The van der Waals surface area contributed by atoms with Gasteiger partial charge in [0.1, 0.15) is 0 Å². The van der Waals surface area contributed by atoms with E-state index in [1.165, 1.54) is 74.1 Å². The van der Waals surface area contributed by atoms with Crippen molar-refractivity contribution in [3.8, 4) is 0 Å². The van der Waals surface area contributed by atoms with E-state index in [0.29, 0.717) is 6.04 Å². The summed E-state index contributed by atoms with van der Waals surface area (Å²) in [5.74, 6) is 0.851. The van der Waals surface area contributed by atoms with Gasteiger partial charge in [0, 0.05) is 30.2 Å². The van der Waals surface area contributed by atoms with Crippen LogP contribution in [-0.4, -0.2) is 29.5 Å². The second-order valence-electron chi connectivity index (χ2n) is 8.16. The van der Waals surface area contributed by atoms with E-state index in [1.807, 2.05) is 6.20 Å². The number of nitrogens with one attached hydrogen (secondary N) is 1. The summed E-state index contributed by atoms with van der Waals surface area (Å²) in [6.45, 7) is 13.6. The molecule has 0 aromatic carbocycles. The molecule has 0 radical (unpaired) electrons. The van der Waals surface area contributed by atoms with E-state index in [4.69, 9.17) is 0 Å². The third-order valence-corrected chi connectivity index (χ3v) is 5.97. The molecule has 26 heavy (non-hydrogen) atoms. The Hall–Kier alpha value is -1.61. The molecule has 2 atom stereocenters. The molecule has 142 valence electrons. The zero-order valence-corrected chi connectivity index (χ0v) is 16.5. The number of likely N-dealkylation sites (tertiary alicyclic amines) is 1. The number of allylic oxidation sites excluding steroid dienone is 1. The minimum atomic E-state index is 0.631. The minimum absolute atomic E-state index is 0.631. The fraction of sp³-hybridized carbons (Fsp3) is 0.609. The SMILES string of the molecule is C=C(C)CCNC(=C)CCCCCN1CCC2CCc3ncccc3C21. The van der Waals surface area contributed by atoms with E-state index in [-0.39, 0.29) is 0 Å². The predicted molar refractivity (Wildman–Crippen MR) is 110 cm³/mol. The van der Waals surface area contributed by atoms with E-state index >= 15 is 0 Å². The molecule has 3 rings (SSSR count). The van der Waals surface area contributed by atoms with Gasteiger partial charge in [-0.25, -0.2) is 0 Å². The van der Waals surface area contributed by atoms with Gasteiger partial charge in [-0.15, -0.1) is 6.58 Å². The van der Waals surface area contributed by atoms with Gasteiger partial charge in [0.15, 0.2) is 0 Å². The average molecular weight is 354 g/mol. The molecule has 1 aromatic heterocycles. The molecule has 0 amide bonds. The summed E-state index contributed by atoms with van der Waals surface area (Å²) >= 11 is 0. The Balaban J connectivity index is 1.37. The van der Waals surface area contributed by atoms with Crippen LogP contribution in [-0.2, 0) is 6.42 Å². The van der Waals surface area contributed by atoms with Crippen molar-refractivity contribution >= 4 is 0 Å². The number of hydrogen-bond acceptors (Lipinski definition) is 3. The lowest BCUT2D eigenvalue weighted by Crippen LogP contribution is -2.30. The number of aromatic nitrogens is 1. The second-order valence-corrected chi connectivity index (χ2v) is 8.16. The molecule has 0 bridgehead atoms. The number of rotatable bonds is 10. The van der Waals surface area contributed by atoms with Gasteiger partial charge in [-0.05, 0) is 82.5 Å². The van der Waals surface area contributed by atoms with E-state index < -0.39 is 0 Å². The molecule has 1 saturated heterocycles. The van der Waals surface area contributed by atoms with Crippen LogP contribution in [0.25, 0.3) is 0 Å². The highest BCUT2D eigenvalue weighted by molar-refractivity contribution is 5.28. The Labute approximate surface area is 159 Å². The summed E-state index contributed by atoms with van der Waals surface area (Å²) < 4.78 is 0. The lowest BCUT2D eigenvalue weighted by molar-refractivity contribution is 0.209. The molecular formula is C23H35N3. The fourth-order valence-corrected chi connectivity index (χ4v) is 4.55.